The number of ether oxygens (including phenoxy) is 1. The van der Waals surface area contributed by atoms with Crippen LogP contribution in [0.5, 0.6) is 0 Å². The summed E-state index contributed by atoms with van der Waals surface area (Å²) >= 11 is 0. The first-order chi connectivity index (χ1) is 13.5. The van der Waals surface area contributed by atoms with Gasteiger partial charge in [0.25, 0.3) is 0 Å². The van der Waals surface area contributed by atoms with Gasteiger partial charge in [-0.2, -0.15) is 13.2 Å². The van der Waals surface area contributed by atoms with Crippen molar-refractivity contribution in [3.05, 3.63) is 59.7 Å². The second-order valence-electron chi connectivity index (χ2n) is 7.76. The summed E-state index contributed by atoms with van der Waals surface area (Å²) in [7, 11) is 0. The average molecular weight is 406 g/mol. The fourth-order valence-electron chi connectivity index (χ4n) is 3.10. The molecular weight excluding hydrogens is 385 g/mol. The average Bonchev–Trinajstić information content (AvgIpc) is 3.00. The van der Waals surface area contributed by atoms with Crippen LogP contribution < -0.4 is 10.2 Å². The van der Waals surface area contributed by atoms with Crippen LogP contribution in [0, 0.1) is 0 Å². The first-order valence-corrected chi connectivity index (χ1v) is 9.04. The van der Waals surface area contributed by atoms with Crippen LogP contribution in [0.4, 0.5) is 29.3 Å². The molecule has 0 aromatic heterocycles. The molecule has 1 atom stereocenters. The summed E-state index contributed by atoms with van der Waals surface area (Å²) in [5.74, 6) is -0.508. The molecule has 1 aliphatic rings. The first-order valence-electron chi connectivity index (χ1n) is 9.04. The highest BCUT2D eigenvalue weighted by atomic mass is 19.4. The summed E-state index contributed by atoms with van der Waals surface area (Å²) in [5.41, 5.74) is 0.0470. The van der Waals surface area contributed by atoms with Crippen LogP contribution in [0.1, 0.15) is 31.9 Å². The highest BCUT2D eigenvalue weighted by Gasteiger charge is 2.40. The fourth-order valence-corrected chi connectivity index (χ4v) is 3.10. The van der Waals surface area contributed by atoms with Crippen LogP contribution in [-0.2, 0) is 22.1 Å². The molecule has 0 aliphatic carbocycles. The Bertz CT molecular complexity index is 918. The number of halogens is 3. The zero-order valence-electron chi connectivity index (χ0n) is 16.2. The second-order valence-corrected chi connectivity index (χ2v) is 7.76. The van der Waals surface area contributed by atoms with Crippen molar-refractivity contribution in [2.24, 2.45) is 0 Å². The highest BCUT2D eigenvalue weighted by Crippen LogP contribution is 2.34. The third-order valence-corrected chi connectivity index (χ3v) is 4.35. The minimum absolute atomic E-state index is 0.211. The van der Waals surface area contributed by atoms with Gasteiger partial charge in [0.2, 0.25) is 5.91 Å². The van der Waals surface area contributed by atoms with Gasteiger partial charge in [-0.1, -0.05) is 18.2 Å². The molecule has 29 heavy (non-hydrogen) atoms. The summed E-state index contributed by atoms with van der Waals surface area (Å²) in [5, 5.41) is 2.59. The van der Waals surface area contributed by atoms with Crippen LogP contribution in [0.15, 0.2) is 48.5 Å². The molecule has 2 aromatic rings. The van der Waals surface area contributed by atoms with E-state index in [9.17, 15) is 22.8 Å². The van der Waals surface area contributed by atoms with Crippen molar-refractivity contribution in [2.45, 2.75) is 45.0 Å². The molecule has 1 unspecified atom stereocenters. The third-order valence-electron chi connectivity index (χ3n) is 4.35. The van der Waals surface area contributed by atoms with E-state index in [-0.39, 0.29) is 12.1 Å². The summed E-state index contributed by atoms with van der Waals surface area (Å²) in [6, 6.07) is 10.4. The molecule has 0 saturated heterocycles. The van der Waals surface area contributed by atoms with Crippen molar-refractivity contribution in [3.8, 4) is 0 Å². The summed E-state index contributed by atoms with van der Waals surface area (Å²) in [4.78, 5) is 26.9. The number of anilines is 2. The number of fused-ring (bicyclic) bond motifs is 1. The summed E-state index contributed by atoms with van der Waals surface area (Å²) in [6.45, 7) is 5.18. The molecular formula is C21H21F3N2O3. The van der Waals surface area contributed by atoms with Crippen LogP contribution in [0.3, 0.4) is 0 Å². The number of amides is 2. The molecule has 0 saturated carbocycles. The number of carbonyl (C=O) groups is 2. The van der Waals surface area contributed by atoms with Crippen molar-refractivity contribution >= 4 is 23.4 Å². The van der Waals surface area contributed by atoms with Gasteiger partial charge in [0.05, 0.1) is 11.3 Å². The maximum Gasteiger partial charge on any atom is 0.416 e. The van der Waals surface area contributed by atoms with Crippen molar-refractivity contribution in [2.75, 3.05) is 10.2 Å². The lowest BCUT2D eigenvalue weighted by atomic mass is 10.1. The summed E-state index contributed by atoms with van der Waals surface area (Å²) < 4.78 is 43.6. The topological polar surface area (TPSA) is 58.6 Å². The van der Waals surface area contributed by atoms with E-state index in [1.54, 1.807) is 32.9 Å². The fraction of sp³-hybridized carbons (Fsp3) is 0.333. The number of nitrogens with zero attached hydrogens (tertiary/aromatic N) is 1. The molecule has 0 radical (unpaired) electrons. The number of alkyl halides is 3. The molecule has 1 heterocycles. The molecule has 154 valence electrons. The molecule has 0 spiro atoms. The third kappa shape index (κ3) is 4.70. The van der Waals surface area contributed by atoms with Gasteiger partial charge in [-0.25, -0.2) is 4.79 Å². The molecule has 1 N–H and O–H groups in total. The normalized spacial score (nSPS) is 16.3. The minimum Gasteiger partial charge on any atom is -0.443 e. The molecule has 2 aromatic carbocycles. The Kier molecular flexibility index (Phi) is 5.30. The predicted octanol–water partition coefficient (Wildman–Crippen LogP) is 5.01. The molecule has 0 fully saturated rings. The lowest BCUT2D eigenvalue weighted by Crippen LogP contribution is -2.47. The van der Waals surface area contributed by atoms with Crippen molar-refractivity contribution in [1.29, 1.82) is 0 Å². The number of hydrogen-bond donors (Lipinski definition) is 1. The standard InChI is InChI=1S/C21H21F3N2O3/c1-20(2,3)29-19(28)26-16-7-5-4-6-13(16)12-17(26)18(27)25-15-10-8-14(9-11-15)21(22,23)24/h4-11,17H,12H2,1-3H3,(H,25,27). The van der Waals surface area contributed by atoms with E-state index < -0.39 is 35.4 Å². The highest BCUT2D eigenvalue weighted by molar-refractivity contribution is 6.05. The van der Waals surface area contributed by atoms with Crippen LogP contribution >= 0.6 is 0 Å². The van der Waals surface area contributed by atoms with Gasteiger partial charge in [-0.05, 0) is 56.7 Å². The second kappa shape index (κ2) is 7.42. The van der Waals surface area contributed by atoms with Crippen LogP contribution in [-0.4, -0.2) is 23.6 Å². The minimum atomic E-state index is -4.46. The van der Waals surface area contributed by atoms with E-state index in [1.165, 1.54) is 17.0 Å². The molecule has 8 heteroatoms. The quantitative estimate of drug-likeness (QED) is 0.763. The lowest BCUT2D eigenvalue weighted by Gasteiger charge is -2.28. The van der Waals surface area contributed by atoms with Gasteiger partial charge in [-0.3, -0.25) is 9.69 Å². The summed E-state index contributed by atoms with van der Waals surface area (Å²) in [6.07, 6.45) is -4.83. The van der Waals surface area contributed by atoms with Gasteiger partial charge < -0.3 is 10.1 Å². The molecule has 0 bridgehead atoms. The number of carbonyl (C=O) groups excluding carboxylic acids is 2. The SMILES string of the molecule is CC(C)(C)OC(=O)N1c2ccccc2CC1C(=O)Nc1ccc(C(F)(F)F)cc1. The van der Waals surface area contributed by atoms with Gasteiger partial charge >= 0.3 is 12.3 Å². The Hall–Kier alpha value is -3.03. The zero-order valence-corrected chi connectivity index (χ0v) is 16.2. The maximum atomic E-state index is 12.9. The zero-order chi connectivity index (χ0) is 21.4. The van der Waals surface area contributed by atoms with Gasteiger partial charge in [-0.15, -0.1) is 0 Å². The number of rotatable bonds is 2. The van der Waals surface area contributed by atoms with E-state index in [0.717, 1.165) is 17.7 Å². The van der Waals surface area contributed by atoms with E-state index in [2.05, 4.69) is 5.32 Å². The van der Waals surface area contributed by atoms with E-state index in [4.69, 9.17) is 4.74 Å². The van der Waals surface area contributed by atoms with Gasteiger partial charge in [0.15, 0.2) is 0 Å². The Morgan fingerprint density at radius 1 is 1.03 bits per heavy atom. The van der Waals surface area contributed by atoms with Gasteiger partial charge in [0, 0.05) is 12.1 Å². The lowest BCUT2D eigenvalue weighted by molar-refractivity contribution is -0.137. The van der Waals surface area contributed by atoms with Crippen LogP contribution in [0.2, 0.25) is 0 Å². The number of hydrogen-bond acceptors (Lipinski definition) is 3. The Morgan fingerprint density at radius 3 is 2.24 bits per heavy atom. The number of para-hydroxylation sites is 1. The Morgan fingerprint density at radius 2 is 1.66 bits per heavy atom. The smallest absolute Gasteiger partial charge is 0.416 e. The Labute approximate surface area is 166 Å². The van der Waals surface area contributed by atoms with E-state index in [1.807, 2.05) is 12.1 Å². The Balaban J connectivity index is 1.82. The predicted molar refractivity (Wildman–Crippen MR) is 103 cm³/mol. The van der Waals surface area contributed by atoms with Crippen molar-refractivity contribution < 1.29 is 27.5 Å². The van der Waals surface area contributed by atoms with Crippen molar-refractivity contribution in [3.63, 3.8) is 0 Å². The van der Waals surface area contributed by atoms with E-state index in [0.29, 0.717) is 5.69 Å². The number of nitrogens with one attached hydrogen (secondary N) is 1. The number of benzene rings is 2. The van der Waals surface area contributed by atoms with E-state index >= 15 is 0 Å². The first kappa shape index (κ1) is 20.7. The van der Waals surface area contributed by atoms with Crippen molar-refractivity contribution in [1.82, 2.24) is 0 Å². The molecule has 5 nitrogen and oxygen atoms in total. The van der Waals surface area contributed by atoms with Crippen LogP contribution in [0.25, 0.3) is 0 Å². The monoisotopic (exact) mass is 406 g/mol. The largest absolute Gasteiger partial charge is 0.443 e. The molecule has 3 rings (SSSR count). The molecule has 2 amide bonds. The molecule has 1 aliphatic heterocycles. The van der Waals surface area contributed by atoms with Gasteiger partial charge in [0.1, 0.15) is 11.6 Å². The maximum absolute atomic E-state index is 12.9.